The molecule has 3 rings (SSSR count). The molecule has 0 saturated heterocycles. The molecule has 0 amide bonds. The van der Waals surface area contributed by atoms with Crippen LogP contribution in [0.15, 0.2) is 23.7 Å². The Morgan fingerprint density at radius 3 is 1.92 bits per heavy atom. The van der Waals surface area contributed by atoms with Crippen molar-refractivity contribution in [2.75, 3.05) is 7.11 Å². The Hall–Kier alpha value is -1.09. The zero-order chi connectivity index (χ0) is 17.8. The van der Waals surface area contributed by atoms with Crippen molar-refractivity contribution in [1.29, 1.82) is 0 Å². The maximum absolute atomic E-state index is 14.0. The van der Waals surface area contributed by atoms with E-state index in [0.717, 1.165) is 30.2 Å². The molecular weight excluding hydrogens is 342 g/mol. The van der Waals surface area contributed by atoms with Crippen LogP contribution in [-0.2, 0) is 0 Å². The highest BCUT2D eigenvalue weighted by Crippen LogP contribution is 2.44. The molecule has 138 valence electrons. The maximum atomic E-state index is 14.0. The van der Waals surface area contributed by atoms with E-state index in [2.05, 4.69) is 6.08 Å². The van der Waals surface area contributed by atoms with Gasteiger partial charge in [-0.15, -0.1) is 0 Å². The molecule has 1 aromatic carbocycles. The van der Waals surface area contributed by atoms with Gasteiger partial charge in [-0.25, -0.2) is 8.78 Å². The lowest BCUT2D eigenvalue weighted by molar-refractivity contribution is 0.171. The van der Waals surface area contributed by atoms with Crippen LogP contribution in [-0.4, -0.2) is 7.11 Å². The first-order valence-electron chi connectivity index (χ1n) is 9.42. The standard InChI is InChI=1S/C21H27ClF2O/c1-25-21-19(23)12-18(13-20(21)24)17-8-6-16(7-9-17)15-4-2-14(3-5-15)10-11-22/h10-17H,2-9H2,1H3. The predicted molar refractivity (Wildman–Crippen MR) is 98.1 cm³/mol. The molecule has 2 aliphatic carbocycles. The van der Waals surface area contributed by atoms with Gasteiger partial charge in [0, 0.05) is 5.54 Å². The summed E-state index contributed by atoms with van der Waals surface area (Å²) in [6, 6.07) is 2.91. The molecule has 1 nitrogen and oxygen atoms in total. The van der Waals surface area contributed by atoms with Crippen LogP contribution < -0.4 is 4.74 Å². The zero-order valence-corrected chi connectivity index (χ0v) is 15.6. The van der Waals surface area contributed by atoms with Gasteiger partial charge in [-0.3, -0.25) is 0 Å². The molecule has 2 aliphatic rings. The van der Waals surface area contributed by atoms with E-state index in [4.69, 9.17) is 16.3 Å². The van der Waals surface area contributed by atoms with Crippen LogP contribution in [0.4, 0.5) is 8.78 Å². The molecule has 0 bridgehead atoms. The molecule has 2 fully saturated rings. The predicted octanol–water partition coefficient (Wildman–Crippen LogP) is 6.81. The largest absolute Gasteiger partial charge is 0.491 e. The second-order valence-electron chi connectivity index (χ2n) is 7.62. The molecule has 0 N–H and O–H groups in total. The lowest BCUT2D eigenvalue weighted by atomic mass is 9.68. The number of allylic oxidation sites excluding steroid dienone is 1. The van der Waals surface area contributed by atoms with E-state index in [9.17, 15) is 8.78 Å². The van der Waals surface area contributed by atoms with Crippen molar-refractivity contribution in [3.8, 4) is 5.75 Å². The Balaban J connectivity index is 1.56. The van der Waals surface area contributed by atoms with Crippen LogP contribution in [0.25, 0.3) is 0 Å². The summed E-state index contributed by atoms with van der Waals surface area (Å²) >= 11 is 5.69. The number of ether oxygens (including phenoxy) is 1. The minimum atomic E-state index is -0.592. The summed E-state index contributed by atoms with van der Waals surface area (Å²) in [4.78, 5) is 0. The summed E-state index contributed by atoms with van der Waals surface area (Å²) in [6.07, 6.45) is 11.6. The molecule has 0 radical (unpaired) electrons. The van der Waals surface area contributed by atoms with Crippen molar-refractivity contribution in [1.82, 2.24) is 0 Å². The first-order chi connectivity index (χ1) is 12.1. The van der Waals surface area contributed by atoms with E-state index in [-0.39, 0.29) is 11.7 Å². The van der Waals surface area contributed by atoms with E-state index in [1.54, 1.807) is 5.54 Å². The fourth-order valence-corrected chi connectivity index (χ4v) is 5.05. The molecule has 0 aliphatic heterocycles. The molecule has 0 atom stereocenters. The second kappa shape index (κ2) is 8.53. The smallest absolute Gasteiger partial charge is 0.190 e. The number of methoxy groups -OCH3 is 1. The summed E-state index contributed by atoms with van der Waals surface area (Å²) in [5.41, 5.74) is 2.44. The first kappa shape index (κ1) is 18.7. The van der Waals surface area contributed by atoms with Crippen molar-refractivity contribution in [3.05, 3.63) is 40.9 Å². The Labute approximate surface area is 154 Å². The topological polar surface area (TPSA) is 9.23 Å². The monoisotopic (exact) mass is 368 g/mol. The number of benzene rings is 1. The van der Waals surface area contributed by atoms with Crippen LogP contribution in [0.3, 0.4) is 0 Å². The average Bonchev–Trinajstić information content (AvgIpc) is 2.62. The summed E-state index contributed by atoms with van der Waals surface area (Å²) in [6.45, 7) is 0. The third-order valence-electron chi connectivity index (χ3n) is 6.30. The first-order valence-corrected chi connectivity index (χ1v) is 9.85. The van der Waals surface area contributed by atoms with Crippen LogP contribution in [0, 0.1) is 29.4 Å². The van der Waals surface area contributed by atoms with Crippen molar-refractivity contribution in [2.24, 2.45) is 17.8 Å². The van der Waals surface area contributed by atoms with Gasteiger partial charge in [0.2, 0.25) is 0 Å². The molecule has 1 aromatic rings. The van der Waals surface area contributed by atoms with Gasteiger partial charge in [-0.05, 0) is 92.7 Å². The number of hydrogen-bond acceptors (Lipinski definition) is 1. The Morgan fingerprint density at radius 2 is 1.44 bits per heavy atom. The highest BCUT2D eigenvalue weighted by molar-refractivity contribution is 6.25. The van der Waals surface area contributed by atoms with E-state index < -0.39 is 11.6 Å². The van der Waals surface area contributed by atoms with Gasteiger partial charge in [0.15, 0.2) is 17.4 Å². The minimum Gasteiger partial charge on any atom is -0.491 e. The van der Waals surface area contributed by atoms with Gasteiger partial charge < -0.3 is 4.74 Å². The van der Waals surface area contributed by atoms with E-state index in [1.807, 2.05) is 0 Å². The molecule has 0 aromatic heterocycles. The fraction of sp³-hybridized carbons (Fsp3) is 0.619. The van der Waals surface area contributed by atoms with E-state index >= 15 is 0 Å². The summed E-state index contributed by atoms with van der Waals surface area (Å²) in [5, 5.41) is 0. The number of halogens is 3. The fourth-order valence-electron chi connectivity index (χ4n) is 4.85. The van der Waals surface area contributed by atoms with Gasteiger partial charge in [0.25, 0.3) is 0 Å². The highest BCUT2D eigenvalue weighted by Gasteiger charge is 2.31. The quantitative estimate of drug-likeness (QED) is 0.567. The Kier molecular flexibility index (Phi) is 6.38. The Morgan fingerprint density at radius 1 is 0.920 bits per heavy atom. The second-order valence-corrected chi connectivity index (χ2v) is 7.87. The third-order valence-corrected chi connectivity index (χ3v) is 6.44. The summed E-state index contributed by atoms with van der Waals surface area (Å²) in [7, 11) is 1.30. The van der Waals surface area contributed by atoms with Crippen LogP contribution in [0.2, 0.25) is 0 Å². The van der Waals surface area contributed by atoms with Crippen LogP contribution in [0.5, 0.6) is 5.75 Å². The molecule has 4 heteroatoms. The lowest BCUT2D eigenvalue weighted by Gasteiger charge is -2.37. The SMILES string of the molecule is COc1c(F)cc(C2CCC(C3CCC(C=CCl)CC3)CC2)cc1F. The van der Waals surface area contributed by atoms with Crippen molar-refractivity contribution in [2.45, 2.75) is 57.3 Å². The van der Waals surface area contributed by atoms with Crippen molar-refractivity contribution in [3.63, 3.8) is 0 Å². The average molecular weight is 369 g/mol. The van der Waals surface area contributed by atoms with Gasteiger partial charge in [-0.2, -0.15) is 0 Å². The minimum absolute atomic E-state index is 0.265. The molecule has 0 unspecified atom stereocenters. The van der Waals surface area contributed by atoms with Gasteiger partial charge >= 0.3 is 0 Å². The molecule has 0 spiro atoms. The van der Waals surface area contributed by atoms with Gasteiger partial charge in [0.1, 0.15) is 0 Å². The Bertz CT molecular complexity index is 577. The van der Waals surface area contributed by atoms with E-state index in [1.165, 1.54) is 57.8 Å². The highest BCUT2D eigenvalue weighted by atomic mass is 35.5. The van der Waals surface area contributed by atoms with Gasteiger partial charge in [0.05, 0.1) is 7.11 Å². The zero-order valence-electron chi connectivity index (χ0n) is 14.8. The molecular formula is C21H27ClF2O. The van der Waals surface area contributed by atoms with Gasteiger partial charge in [-0.1, -0.05) is 17.7 Å². The molecule has 25 heavy (non-hydrogen) atoms. The summed E-state index contributed by atoms with van der Waals surface area (Å²) < 4.78 is 32.7. The summed E-state index contributed by atoms with van der Waals surface area (Å²) in [5.74, 6) is 1.03. The normalized spacial score (nSPS) is 30.6. The third kappa shape index (κ3) is 4.36. The van der Waals surface area contributed by atoms with Crippen LogP contribution in [0.1, 0.15) is 62.8 Å². The number of rotatable bonds is 4. The lowest BCUT2D eigenvalue weighted by Crippen LogP contribution is -2.25. The van der Waals surface area contributed by atoms with E-state index in [0.29, 0.717) is 5.92 Å². The number of hydrogen-bond donors (Lipinski definition) is 0. The van der Waals surface area contributed by atoms with Crippen molar-refractivity contribution >= 4 is 11.6 Å². The van der Waals surface area contributed by atoms with Crippen LogP contribution >= 0.6 is 11.6 Å². The molecule has 2 saturated carbocycles. The molecule has 0 heterocycles. The van der Waals surface area contributed by atoms with Crippen molar-refractivity contribution < 1.29 is 13.5 Å². The maximum Gasteiger partial charge on any atom is 0.190 e.